The maximum absolute atomic E-state index is 13.5. The van der Waals surface area contributed by atoms with Crippen molar-refractivity contribution in [3.8, 4) is 16.9 Å². The Labute approximate surface area is 194 Å². The van der Waals surface area contributed by atoms with Crippen molar-refractivity contribution in [1.29, 1.82) is 0 Å². The van der Waals surface area contributed by atoms with Crippen molar-refractivity contribution in [2.24, 2.45) is 0 Å². The molecule has 2 N–H and O–H groups in total. The van der Waals surface area contributed by atoms with E-state index >= 15 is 0 Å². The van der Waals surface area contributed by atoms with Crippen molar-refractivity contribution in [3.05, 3.63) is 89.9 Å². The Hall–Kier alpha value is -4.61. The number of hydrogen-bond donors (Lipinski definition) is 2. The molecule has 0 fully saturated rings. The Kier molecular flexibility index (Phi) is 6.28. The van der Waals surface area contributed by atoms with E-state index in [0.29, 0.717) is 17.2 Å². The van der Waals surface area contributed by atoms with E-state index in [1.54, 1.807) is 24.3 Å². The largest absolute Gasteiger partial charge is 0.478 e. The molecule has 0 bridgehead atoms. The number of aliphatic carboxylic acids is 1. The summed E-state index contributed by atoms with van der Waals surface area (Å²) in [5.74, 6) is -3.07. The molecule has 2 heterocycles. The second-order valence-electron chi connectivity index (χ2n) is 7.15. The standard InChI is InChI=1S/C23H14F5N5O2/c24-15-9-16(25)11-17(10-15)30-22-29-12-18(14-3-1-2-13(8-14)4-5-20(34)35)21(31-22)33-7-6-19(32-33)23(26,27)28/h1-12H,(H,34,35)(H,29,30,31). The van der Waals surface area contributed by atoms with Crippen LogP contribution in [-0.4, -0.2) is 30.8 Å². The number of rotatable bonds is 6. The lowest BCUT2D eigenvalue weighted by Crippen LogP contribution is -2.10. The molecule has 0 radical (unpaired) electrons. The quantitative estimate of drug-likeness (QED) is 0.277. The molecule has 2 aromatic carbocycles. The van der Waals surface area contributed by atoms with Gasteiger partial charge in [0, 0.05) is 35.8 Å². The summed E-state index contributed by atoms with van der Waals surface area (Å²) in [5.41, 5.74) is 0.0634. The molecule has 0 saturated heterocycles. The van der Waals surface area contributed by atoms with E-state index < -0.39 is 29.5 Å². The predicted octanol–water partition coefficient (Wildman–Crippen LogP) is 5.47. The lowest BCUT2D eigenvalue weighted by molar-refractivity contribution is -0.141. The van der Waals surface area contributed by atoms with Crippen LogP contribution in [0.1, 0.15) is 11.3 Å². The average Bonchev–Trinajstić information content (AvgIpc) is 3.28. The van der Waals surface area contributed by atoms with Crippen molar-refractivity contribution < 1.29 is 31.9 Å². The van der Waals surface area contributed by atoms with Gasteiger partial charge in [0.15, 0.2) is 11.5 Å². The van der Waals surface area contributed by atoms with E-state index in [0.717, 1.165) is 35.2 Å². The molecule has 0 aliphatic carbocycles. The molecule has 4 aromatic rings. The minimum absolute atomic E-state index is 0.0153. The Morgan fingerprint density at radius 2 is 1.80 bits per heavy atom. The third-order valence-corrected chi connectivity index (χ3v) is 4.60. The summed E-state index contributed by atoms with van der Waals surface area (Å²) in [5, 5.41) is 15.0. The third-order valence-electron chi connectivity index (χ3n) is 4.60. The number of benzene rings is 2. The Bertz CT molecular complexity index is 1410. The van der Waals surface area contributed by atoms with Crippen molar-refractivity contribution >= 4 is 23.7 Å². The molecule has 0 aliphatic heterocycles. The highest BCUT2D eigenvalue weighted by Gasteiger charge is 2.34. The van der Waals surface area contributed by atoms with Gasteiger partial charge in [0.05, 0.1) is 0 Å². The maximum Gasteiger partial charge on any atom is 0.435 e. The fraction of sp³-hybridized carbons (Fsp3) is 0.0435. The molecular weight excluding hydrogens is 473 g/mol. The zero-order chi connectivity index (χ0) is 25.2. The molecule has 0 aliphatic rings. The molecule has 0 spiro atoms. The van der Waals surface area contributed by atoms with Crippen LogP contribution in [0.5, 0.6) is 0 Å². The van der Waals surface area contributed by atoms with Crippen molar-refractivity contribution in [2.45, 2.75) is 6.18 Å². The summed E-state index contributed by atoms with van der Waals surface area (Å²) in [6.45, 7) is 0. The van der Waals surface area contributed by atoms with Gasteiger partial charge in [-0.2, -0.15) is 23.3 Å². The monoisotopic (exact) mass is 487 g/mol. The van der Waals surface area contributed by atoms with Gasteiger partial charge in [-0.05, 0) is 41.5 Å². The lowest BCUT2D eigenvalue weighted by atomic mass is 10.0. The molecule has 0 saturated carbocycles. The fourth-order valence-electron chi connectivity index (χ4n) is 3.14. The van der Waals surface area contributed by atoms with Gasteiger partial charge in [0.1, 0.15) is 11.6 Å². The summed E-state index contributed by atoms with van der Waals surface area (Å²) in [6.07, 6.45) is -0.0505. The van der Waals surface area contributed by atoms with Crippen LogP contribution >= 0.6 is 0 Å². The van der Waals surface area contributed by atoms with E-state index in [4.69, 9.17) is 5.11 Å². The molecule has 7 nitrogen and oxygen atoms in total. The molecule has 35 heavy (non-hydrogen) atoms. The fourth-order valence-corrected chi connectivity index (χ4v) is 3.14. The SMILES string of the molecule is O=C(O)C=Cc1cccc(-c2cnc(Nc3cc(F)cc(F)c3)nc2-n2ccc(C(F)(F)F)n2)c1. The van der Waals surface area contributed by atoms with E-state index in [9.17, 15) is 26.7 Å². The van der Waals surface area contributed by atoms with Gasteiger partial charge in [0.2, 0.25) is 5.95 Å². The average molecular weight is 487 g/mol. The summed E-state index contributed by atoms with van der Waals surface area (Å²) >= 11 is 0. The van der Waals surface area contributed by atoms with Gasteiger partial charge in [-0.1, -0.05) is 18.2 Å². The number of carboxylic acid groups (broad SMARTS) is 1. The minimum atomic E-state index is -4.69. The number of anilines is 2. The van der Waals surface area contributed by atoms with Gasteiger partial charge >= 0.3 is 12.1 Å². The van der Waals surface area contributed by atoms with Crippen molar-refractivity contribution in [2.75, 3.05) is 5.32 Å². The van der Waals surface area contributed by atoms with Crippen LogP contribution in [0.2, 0.25) is 0 Å². The highest BCUT2D eigenvalue weighted by Crippen LogP contribution is 2.31. The highest BCUT2D eigenvalue weighted by molar-refractivity contribution is 5.85. The van der Waals surface area contributed by atoms with Crippen LogP contribution in [0.4, 0.5) is 33.6 Å². The molecule has 12 heteroatoms. The van der Waals surface area contributed by atoms with Gasteiger partial charge in [0.25, 0.3) is 0 Å². The smallest absolute Gasteiger partial charge is 0.435 e. The highest BCUT2D eigenvalue weighted by atomic mass is 19.4. The first kappa shape index (κ1) is 23.5. The summed E-state index contributed by atoms with van der Waals surface area (Å²) < 4.78 is 67.4. The van der Waals surface area contributed by atoms with Crippen LogP contribution < -0.4 is 5.32 Å². The van der Waals surface area contributed by atoms with Crippen LogP contribution in [0.3, 0.4) is 0 Å². The van der Waals surface area contributed by atoms with E-state index in [1.165, 1.54) is 12.3 Å². The number of carboxylic acids is 1. The number of halogens is 5. The number of hydrogen-bond acceptors (Lipinski definition) is 5. The molecule has 4 rings (SSSR count). The second-order valence-corrected chi connectivity index (χ2v) is 7.15. The van der Waals surface area contributed by atoms with E-state index in [2.05, 4.69) is 20.4 Å². The summed E-state index contributed by atoms with van der Waals surface area (Å²) in [7, 11) is 0. The maximum atomic E-state index is 13.5. The van der Waals surface area contributed by atoms with Gasteiger partial charge in [-0.3, -0.25) is 0 Å². The Balaban J connectivity index is 1.81. The first-order valence-corrected chi connectivity index (χ1v) is 9.83. The molecule has 0 atom stereocenters. The molecule has 0 unspecified atom stereocenters. The Morgan fingerprint density at radius 1 is 1.06 bits per heavy atom. The summed E-state index contributed by atoms with van der Waals surface area (Å²) in [4.78, 5) is 19.2. The number of nitrogens with one attached hydrogen (secondary N) is 1. The number of nitrogens with zero attached hydrogens (tertiary/aromatic N) is 4. The van der Waals surface area contributed by atoms with E-state index in [1.807, 2.05) is 0 Å². The van der Waals surface area contributed by atoms with E-state index in [-0.39, 0.29) is 23.0 Å². The van der Waals surface area contributed by atoms with Gasteiger partial charge < -0.3 is 10.4 Å². The molecule has 2 aromatic heterocycles. The third kappa shape index (κ3) is 5.66. The number of alkyl halides is 3. The van der Waals surface area contributed by atoms with Crippen LogP contribution in [0.25, 0.3) is 23.0 Å². The van der Waals surface area contributed by atoms with Crippen molar-refractivity contribution in [3.63, 3.8) is 0 Å². The number of carbonyl (C=O) groups is 1. The van der Waals surface area contributed by atoms with Crippen LogP contribution in [0.15, 0.2) is 67.0 Å². The lowest BCUT2D eigenvalue weighted by Gasteiger charge is -2.12. The van der Waals surface area contributed by atoms with Gasteiger partial charge in [-0.25, -0.2) is 23.2 Å². The zero-order valence-electron chi connectivity index (χ0n) is 17.5. The number of aromatic nitrogens is 4. The van der Waals surface area contributed by atoms with Crippen molar-refractivity contribution in [1.82, 2.24) is 19.7 Å². The topological polar surface area (TPSA) is 92.9 Å². The molecule has 178 valence electrons. The zero-order valence-corrected chi connectivity index (χ0v) is 17.5. The molecule has 0 amide bonds. The van der Waals surface area contributed by atoms with Crippen LogP contribution in [-0.2, 0) is 11.0 Å². The minimum Gasteiger partial charge on any atom is -0.478 e. The Morgan fingerprint density at radius 3 is 2.46 bits per heavy atom. The summed E-state index contributed by atoms with van der Waals surface area (Å²) in [6, 6.07) is 9.90. The normalized spacial score (nSPS) is 11.7. The van der Waals surface area contributed by atoms with Gasteiger partial charge in [-0.15, -0.1) is 0 Å². The molecular formula is C23H14F5N5O2. The first-order chi connectivity index (χ1) is 16.6. The first-order valence-electron chi connectivity index (χ1n) is 9.83. The van der Waals surface area contributed by atoms with Crippen LogP contribution in [0, 0.1) is 11.6 Å². The second kappa shape index (κ2) is 9.33. The predicted molar refractivity (Wildman–Crippen MR) is 116 cm³/mol.